The van der Waals surface area contributed by atoms with E-state index in [0.29, 0.717) is 0 Å². The van der Waals surface area contributed by atoms with Crippen molar-refractivity contribution in [1.29, 1.82) is 0 Å². The summed E-state index contributed by atoms with van der Waals surface area (Å²) >= 11 is 6.89. The lowest BCUT2D eigenvalue weighted by molar-refractivity contribution is 1.24. The summed E-state index contributed by atoms with van der Waals surface area (Å²) < 4.78 is 2.02. The molecule has 0 aliphatic heterocycles. The molecule has 1 aromatic heterocycles. The van der Waals surface area contributed by atoms with Gasteiger partial charge >= 0.3 is 0 Å². The van der Waals surface area contributed by atoms with Gasteiger partial charge in [0, 0.05) is 15.1 Å². The third kappa shape index (κ3) is 2.62. The molecule has 0 aliphatic carbocycles. The summed E-state index contributed by atoms with van der Waals surface area (Å²) in [4.78, 5) is 4.34. The van der Waals surface area contributed by atoms with E-state index in [4.69, 9.17) is 0 Å². The molecule has 0 unspecified atom stereocenters. The zero-order valence-corrected chi connectivity index (χ0v) is 11.8. The van der Waals surface area contributed by atoms with Gasteiger partial charge in [0.1, 0.15) is 5.82 Å². The third-order valence-corrected chi connectivity index (χ3v) is 3.30. The second-order valence-electron chi connectivity index (χ2n) is 3.42. The average Bonchev–Trinajstić information content (AvgIpc) is 2.25. The molecule has 2 nitrogen and oxygen atoms in total. The van der Waals surface area contributed by atoms with Crippen molar-refractivity contribution in [3.05, 3.63) is 51.0 Å². The number of hydrogen-bond acceptors (Lipinski definition) is 2. The van der Waals surface area contributed by atoms with Crippen molar-refractivity contribution < 1.29 is 0 Å². The summed E-state index contributed by atoms with van der Waals surface area (Å²) in [7, 11) is 0. The summed E-state index contributed by atoms with van der Waals surface area (Å²) in [6.07, 6.45) is 1.78. The second kappa shape index (κ2) is 4.97. The van der Waals surface area contributed by atoms with Crippen molar-refractivity contribution in [2.24, 2.45) is 0 Å². The fourth-order valence-electron chi connectivity index (χ4n) is 1.36. The highest BCUT2D eigenvalue weighted by Gasteiger charge is 2.03. The van der Waals surface area contributed by atoms with E-state index >= 15 is 0 Å². The van der Waals surface area contributed by atoms with Crippen molar-refractivity contribution in [2.75, 3.05) is 5.32 Å². The molecule has 82 valence electrons. The molecule has 0 saturated carbocycles. The number of pyridine rings is 1. The molecular weight excluding hydrogens is 332 g/mol. The van der Waals surface area contributed by atoms with E-state index in [1.165, 1.54) is 0 Å². The van der Waals surface area contributed by atoms with Crippen LogP contribution < -0.4 is 5.32 Å². The number of rotatable bonds is 2. The minimum Gasteiger partial charge on any atom is -0.339 e. The van der Waals surface area contributed by atoms with E-state index in [-0.39, 0.29) is 0 Å². The maximum absolute atomic E-state index is 4.34. The highest BCUT2D eigenvalue weighted by molar-refractivity contribution is 9.10. The molecule has 1 heterocycles. The Kier molecular flexibility index (Phi) is 3.61. The van der Waals surface area contributed by atoms with Crippen LogP contribution >= 0.6 is 31.9 Å². The fraction of sp³-hybridized carbons (Fsp3) is 0.0833. The van der Waals surface area contributed by atoms with Gasteiger partial charge in [-0.15, -0.1) is 0 Å². The Morgan fingerprint density at radius 2 is 1.94 bits per heavy atom. The third-order valence-electron chi connectivity index (χ3n) is 2.17. The molecule has 0 bridgehead atoms. The summed E-state index contributed by atoms with van der Waals surface area (Å²) in [5.74, 6) is 0.870. The van der Waals surface area contributed by atoms with Gasteiger partial charge in [0.2, 0.25) is 0 Å². The van der Waals surface area contributed by atoms with Crippen molar-refractivity contribution in [3.63, 3.8) is 0 Å². The second-order valence-corrected chi connectivity index (χ2v) is 5.19. The Morgan fingerprint density at radius 1 is 1.19 bits per heavy atom. The molecule has 4 heteroatoms. The van der Waals surface area contributed by atoms with E-state index in [1.54, 1.807) is 6.20 Å². The Hall–Kier alpha value is -0.870. The summed E-state index contributed by atoms with van der Waals surface area (Å²) in [6.45, 7) is 2.02. The van der Waals surface area contributed by atoms with Crippen LogP contribution in [0.2, 0.25) is 0 Å². The first-order valence-corrected chi connectivity index (χ1v) is 6.39. The maximum Gasteiger partial charge on any atom is 0.133 e. The van der Waals surface area contributed by atoms with Gasteiger partial charge in [0.25, 0.3) is 0 Å². The predicted molar refractivity (Wildman–Crippen MR) is 74.1 cm³/mol. The van der Waals surface area contributed by atoms with Gasteiger partial charge in [-0.1, -0.05) is 12.1 Å². The lowest BCUT2D eigenvalue weighted by atomic mass is 10.2. The fourth-order valence-corrected chi connectivity index (χ4v) is 2.19. The van der Waals surface area contributed by atoms with E-state index < -0.39 is 0 Å². The Labute approximate surface area is 111 Å². The SMILES string of the molecule is Cc1cc(Br)cnc1Nc1ccccc1Br. The van der Waals surface area contributed by atoms with Crippen LogP contribution in [0.4, 0.5) is 11.5 Å². The number of halogens is 2. The number of anilines is 2. The Bertz CT molecular complexity index is 512. The molecular formula is C12H10Br2N2. The van der Waals surface area contributed by atoms with Crippen LogP contribution in [0.1, 0.15) is 5.56 Å². The average molecular weight is 342 g/mol. The first kappa shape index (κ1) is 11.6. The number of nitrogens with zero attached hydrogens (tertiary/aromatic N) is 1. The van der Waals surface area contributed by atoms with Crippen LogP contribution in [0.25, 0.3) is 0 Å². The molecule has 1 N–H and O–H groups in total. The van der Waals surface area contributed by atoms with Crippen molar-refractivity contribution in [2.45, 2.75) is 6.92 Å². The minimum absolute atomic E-state index is 0.870. The smallest absolute Gasteiger partial charge is 0.133 e. The van der Waals surface area contributed by atoms with Gasteiger partial charge in [-0.05, 0) is 62.5 Å². The van der Waals surface area contributed by atoms with Crippen LogP contribution in [0.5, 0.6) is 0 Å². The number of nitrogens with one attached hydrogen (secondary N) is 1. The molecule has 2 aromatic rings. The summed E-state index contributed by atoms with van der Waals surface area (Å²) in [5.41, 5.74) is 2.12. The largest absolute Gasteiger partial charge is 0.339 e. The number of aromatic nitrogens is 1. The van der Waals surface area contributed by atoms with Crippen LogP contribution in [0.3, 0.4) is 0 Å². The van der Waals surface area contributed by atoms with E-state index in [2.05, 4.69) is 42.2 Å². The minimum atomic E-state index is 0.870. The standard InChI is InChI=1S/C12H10Br2N2/c1-8-6-9(13)7-15-12(8)16-11-5-3-2-4-10(11)14/h2-7H,1H3,(H,15,16). The van der Waals surface area contributed by atoms with Crippen molar-refractivity contribution in [1.82, 2.24) is 4.98 Å². The Balaban J connectivity index is 2.31. The first-order valence-electron chi connectivity index (χ1n) is 4.80. The van der Waals surface area contributed by atoms with Crippen LogP contribution in [0, 0.1) is 6.92 Å². The molecule has 0 saturated heterocycles. The molecule has 1 aromatic carbocycles. The molecule has 16 heavy (non-hydrogen) atoms. The molecule has 0 amide bonds. The van der Waals surface area contributed by atoms with E-state index in [9.17, 15) is 0 Å². The van der Waals surface area contributed by atoms with Crippen molar-refractivity contribution >= 4 is 43.4 Å². The Morgan fingerprint density at radius 3 is 2.62 bits per heavy atom. The van der Waals surface area contributed by atoms with Gasteiger partial charge in [-0.25, -0.2) is 4.98 Å². The lowest BCUT2D eigenvalue weighted by Crippen LogP contribution is -1.96. The van der Waals surface area contributed by atoms with E-state index in [1.807, 2.05) is 37.3 Å². The lowest BCUT2D eigenvalue weighted by Gasteiger charge is -2.09. The normalized spacial score (nSPS) is 10.2. The molecule has 0 fully saturated rings. The van der Waals surface area contributed by atoms with Gasteiger partial charge in [0.15, 0.2) is 0 Å². The topological polar surface area (TPSA) is 24.9 Å². The predicted octanol–water partition coefficient (Wildman–Crippen LogP) is 4.66. The summed E-state index contributed by atoms with van der Waals surface area (Å²) in [5, 5.41) is 3.29. The number of benzene rings is 1. The van der Waals surface area contributed by atoms with E-state index in [0.717, 1.165) is 26.0 Å². The van der Waals surface area contributed by atoms with Crippen LogP contribution in [-0.4, -0.2) is 4.98 Å². The van der Waals surface area contributed by atoms with Crippen molar-refractivity contribution in [3.8, 4) is 0 Å². The monoisotopic (exact) mass is 340 g/mol. The molecule has 0 radical (unpaired) electrons. The van der Waals surface area contributed by atoms with Crippen LogP contribution in [0.15, 0.2) is 45.5 Å². The maximum atomic E-state index is 4.34. The number of hydrogen-bond donors (Lipinski definition) is 1. The highest BCUT2D eigenvalue weighted by atomic mass is 79.9. The molecule has 0 spiro atoms. The number of para-hydroxylation sites is 1. The first-order chi connectivity index (χ1) is 7.66. The van der Waals surface area contributed by atoms with Gasteiger partial charge < -0.3 is 5.32 Å². The summed E-state index contributed by atoms with van der Waals surface area (Å²) in [6, 6.07) is 10.0. The zero-order valence-electron chi connectivity index (χ0n) is 8.67. The highest BCUT2D eigenvalue weighted by Crippen LogP contribution is 2.26. The van der Waals surface area contributed by atoms with Crippen LogP contribution in [-0.2, 0) is 0 Å². The molecule has 0 atom stereocenters. The van der Waals surface area contributed by atoms with Gasteiger partial charge in [-0.2, -0.15) is 0 Å². The van der Waals surface area contributed by atoms with Gasteiger partial charge in [-0.3, -0.25) is 0 Å². The molecule has 2 rings (SSSR count). The zero-order chi connectivity index (χ0) is 11.5. The van der Waals surface area contributed by atoms with Gasteiger partial charge in [0.05, 0.1) is 5.69 Å². The number of aryl methyl sites for hydroxylation is 1. The quantitative estimate of drug-likeness (QED) is 0.859. The molecule has 0 aliphatic rings.